The van der Waals surface area contributed by atoms with Gasteiger partial charge in [-0.05, 0) is 55.5 Å². The summed E-state index contributed by atoms with van der Waals surface area (Å²) in [7, 11) is 0. The second kappa shape index (κ2) is 8.95. The average Bonchev–Trinajstić information content (AvgIpc) is 2.69. The van der Waals surface area contributed by atoms with E-state index in [0.717, 1.165) is 44.5 Å². The highest BCUT2D eigenvalue weighted by Crippen LogP contribution is 2.23. The van der Waals surface area contributed by atoms with E-state index < -0.39 is 0 Å². The summed E-state index contributed by atoms with van der Waals surface area (Å²) in [6, 6.07) is 10.9. The zero-order chi connectivity index (χ0) is 18.4. The van der Waals surface area contributed by atoms with Crippen LogP contribution in [0.15, 0.2) is 42.7 Å². The lowest BCUT2D eigenvalue weighted by Crippen LogP contribution is -2.38. The molecule has 1 aromatic carbocycles. The van der Waals surface area contributed by atoms with Crippen molar-refractivity contribution in [2.45, 2.75) is 39.7 Å². The molecule has 0 N–H and O–H groups in total. The van der Waals surface area contributed by atoms with Crippen LogP contribution in [0.2, 0.25) is 0 Å². The van der Waals surface area contributed by atoms with E-state index in [1.54, 1.807) is 0 Å². The number of pyridine rings is 1. The van der Waals surface area contributed by atoms with Crippen LogP contribution in [0.3, 0.4) is 0 Å². The van der Waals surface area contributed by atoms with Crippen LogP contribution in [0, 0.1) is 5.92 Å². The highest BCUT2D eigenvalue weighted by atomic mass is 16.5. The van der Waals surface area contributed by atoms with E-state index in [2.05, 4.69) is 47.1 Å². The molecule has 2 heterocycles. The number of likely N-dealkylation sites (tertiary alicyclic amines) is 1. The zero-order valence-electron chi connectivity index (χ0n) is 15.8. The number of esters is 1. The van der Waals surface area contributed by atoms with Gasteiger partial charge in [0.05, 0.1) is 12.5 Å². The van der Waals surface area contributed by atoms with E-state index in [1.165, 1.54) is 16.7 Å². The van der Waals surface area contributed by atoms with E-state index in [4.69, 9.17) is 4.74 Å². The van der Waals surface area contributed by atoms with Crippen LogP contribution in [-0.2, 0) is 22.5 Å². The van der Waals surface area contributed by atoms with Crippen LogP contribution in [0.5, 0.6) is 0 Å². The highest BCUT2D eigenvalue weighted by Gasteiger charge is 2.26. The molecular weight excluding hydrogens is 324 g/mol. The normalized spacial score (nSPS) is 17.8. The van der Waals surface area contributed by atoms with Crippen molar-refractivity contribution in [1.29, 1.82) is 0 Å². The molecule has 1 aliphatic heterocycles. The van der Waals surface area contributed by atoms with Gasteiger partial charge in [-0.1, -0.05) is 31.2 Å². The summed E-state index contributed by atoms with van der Waals surface area (Å²) in [5.41, 5.74) is 4.87. The molecule has 3 rings (SSSR count). The van der Waals surface area contributed by atoms with E-state index in [1.807, 2.05) is 19.3 Å². The molecule has 1 atom stereocenters. The smallest absolute Gasteiger partial charge is 0.310 e. The van der Waals surface area contributed by atoms with Gasteiger partial charge >= 0.3 is 5.97 Å². The lowest BCUT2D eigenvalue weighted by atomic mass is 9.97. The molecule has 1 fully saturated rings. The first-order valence-electron chi connectivity index (χ1n) is 9.61. The monoisotopic (exact) mass is 352 g/mol. The van der Waals surface area contributed by atoms with Crippen LogP contribution >= 0.6 is 0 Å². The number of hydrogen-bond acceptors (Lipinski definition) is 4. The summed E-state index contributed by atoms with van der Waals surface area (Å²) in [5, 5.41) is 0. The minimum Gasteiger partial charge on any atom is -0.466 e. The maximum absolute atomic E-state index is 12.0. The van der Waals surface area contributed by atoms with E-state index in [-0.39, 0.29) is 11.9 Å². The topological polar surface area (TPSA) is 42.4 Å². The molecule has 0 unspecified atom stereocenters. The lowest BCUT2D eigenvalue weighted by molar-refractivity contribution is -0.150. The van der Waals surface area contributed by atoms with Gasteiger partial charge in [0.25, 0.3) is 0 Å². The Bertz CT molecular complexity index is 727. The van der Waals surface area contributed by atoms with Crippen molar-refractivity contribution in [3.8, 4) is 11.1 Å². The van der Waals surface area contributed by atoms with E-state index >= 15 is 0 Å². The number of carbonyl (C=O) groups is 1. The molecule has 2 aromatic rings. The second-order valence-corrected chi connectivity index (χ2v) is 6.96. The van der Waals surface area contributed by atoms with Crippen LogP contribution in [0.4, 0.5) is 0 Å². The Morgan fingerprint density at radius 1 is 1.15 bits per heavy atom. The first-order valence-corrected chi connectivity index (χ1v) is 9.61. The molecule has 1 aliphatic rings. The average molecular weight is 352 g/mol. The Labute approximate surface area is 156 Å². The third kappa shape index (κ3) is 4.70. The van der Waals surface area contributed by atoms with Gasteiger partial charge in [-0.25, -0.2) is 0 Å². The zero-order valence-corrected chi connectivity index (χ0v) is 15.8. The number of benzene rings is 1. The molecule has 1 aromatic heterocycles. The molecule has 0 saturated carbocycles. The third-order valence-electron chi connectivity index (χ3n) is 5.02. The van der Waals surface area contributed by atoms with Crippen LogP contribution in [-0.4, -0.2) is 35.5 Å². The standard InChI is InChI=1S/C22H28N2O2/c1-3-17-7-9-19(10-8-17)21-12-18(13-23-14-21)15-24-11-5-6-20(16-24)22(25)26-4-2/h7-10,12-14,20H,3-6,11,15-16H2,1-2H3/t20-/m0/s1. The van der Waals surface area contributed by atoms with Crippen molar-refractivity contribution in [2.24, 2.45) is 5.92 Å². The van der Waals surface area contributed by atoms with Gasteiger partial charge < -0.3 is 4.74 Å². The molecule has 26 heavy (non-hydrogen) atoms. The highest BCUT2D eigenvalue weighted by molar-refractivity contribution is 5.72. The Morgan fingerprint density at radius 3 is 2.69 bits per heavy atom. The number of ether oxygens (including phenoxy) is 1. The molecule has 1 saturated heterocycles. The summed E-state index contributed by atoms with van der Waals surface area (Å²) >= 11 is 0. The summed E-state index contributed by atoms with van der Waals surface area (Å²) in [6.45, 7) is 7.10. The van der Waals surface area contributed by atoms with Gasteiger partial charge in [-0.2, -0.15) is 0 Å². The van der Waals surface area contributed by atoms with Crippen molar-refractivity contribution < 1.29 is 9.53 Å². The largest absolute Gasteiger partial charge is 0.466 e. The third-order valence-corrected chi connectivity index (χ3v) is 5.02. The van der Waals surface area contributed by atoms with Crippen molar-refractivity contribution in [2.75, 3.05) is 19.7 Å². The number of nitrogens with zero attached hydrogens (tertiary/aromatic N) is 2. The van der Waals surface area contributed by atoms with Crippen molar-refractivity contribution in [3.05, 3.63) is 53.9 Å². The minimum atomic E-state index is -0.0555. The van der Waals surface area contributed by atoms with E-state index in [0.29, 0.717) is 6.61 Å². The first-order chi connectivity index (χ1) is 12.7. The quantitative estimate of drug-likeness (QED) is 0.735. The number of carbonyl (C=O) groups excluding carboxylic acids is 1. The fourth-order valence-electron chi connectivity index (χ4n) is 3.57. The van der Waals surface area contributed by atoms with Gasteiger partial charge in [-0.15, -0.1) is 0 Å². The predicted octanol–water partition coefficient (Wildman–Crippen LogP) is 4.09. The summed E-state index contributed by atoms with van der Waals surface area (Å²) in [5.74, 6) is -0.0541. The molecular formula is C22H28N2O2. The molecule has 0 radical (unpaired) electrons. The number of hydrogen-bond donors (Lipinski definition) is 0. The first kappa shape index (κ1) is 18.6. The molecule has 0 amide bonds. The minimum absolute atomic E-state index is 0.00132. The molecule has 4 nitrogen and oxygen atoms in total. The van der Waals surface area contributed by atoms with Gasteiger partial charge in [0.1, 0.15) is 0 Å². The second-order valence-electron chi connectivity index (χ2n) is 6.96. The van der Waals surface area contributed by atoms with Gasteiger partial charge in [0.15, 0.2) is 0 Å². The summed E-state index contributed by atoms with van der Waals surface area (Å²) in [4.78, 5) is 18.8. The Kier molecular flexibility index (Phi) is 6.40. The van der Waals surface area contributed by atoms with Gasteiger partial charge in [0.2, 0.25) is 0 Å². The molecule has 0 aliphatic carbocycles. The number of piperidine rings is 1. The molecule has 0 bridgehead atoms. The maximum Gasteiger partial charge on any atom is 0.310 e. The fourth-order valence-corrected chi connectivity index (χ4v) is 3.57. The van der Waals surface area contributed by atoms with E-state index in [9.17, 15) is 4.79 Å². The number of aromatic nitrogens is 1. The fraction of sp³-hybridized carbons (Fsp3) is 0.455. The van der Waals surface area contributed by atoms with Crippen LogP contribution in [0.25, 0.3) is 11.1 Å². The Morgan fingerprint density at radius 2 is 1.96 bits per heavy atom. The predicted molar refractivity (Wildman–Crippen MR) is 104 cm³/mol. The number of aryl methyl sites for hydroxylation is 1. The van der Waals surface area contributed by atoms with Crippen molar-refractivity contribution >= 4 is 5.97 Å². The maximum atomic E-state index is 12.0. The lowest BCUT2D eigenvalue weighted by Gasteiger charge is -2.31. The number of rotatable bonds is 6. The summed E-state index contributed by atoms with van der Waals surface area (Å²) < 4.78 is 5.20. The van der Waals surface area contributed by atoms with Gasteiger partial charge in [-0.3, -0.25) is 14.7 Å². The van der Waals surface area contributed by atoms with Crippen molar-refractivity contribution in [1.82, 2.24) is 9.88 Å². The molecule has 0 spiro atoms. The Balaban J connectivity index is 1.67. The van der Waals surface area contributed by atoms with Crippen LogP contribution < -0.4 is 0 Å². The Hall–Kier alpha value is -2.20. The SMILES string of the molecule is CCOC(=O)[C@H]1CCCN(Cc2cncc(-c3ccc(CC)cc3)c2)C1. The molecule has 138 valence electrons. The van der Waals surface area contributed by atoms with Crippen LogP contribution in [0.1, 0.15) is 37.8 Å². The van der Waals surface area contributed by atoms with Gasteiger partial charge in [0, 0.05) is 31.0 Å². The van der Waals surface area contributed by atoms with Crippen molar-refractivity contribution in [3.63, 3.8) is 0 Å². The molecule has 4 heteroatoms. The summed E-state index contributed by atoms with van der Waals surface area (Å²) in [6.07, 6.45) is 6.86.